The van der Waals surface area contributed by atoms with E-state index in [1.54, 1.807) is 12.1 Å². The number of rotatable bonds is 7. The third kappa shape index (κ3) is 5.92. The summed E-state index contributed by atoms with van der Waals surface area (Å²) in [5.74, 6) is 1.46. The number of benzene rings is 1. The summed E-state index contributed by atoms with van der Waals surface area (Å²) in [6.07, 6.45) is 3.43. The molecule has 0 bridgehead atoms. The average molecular weight is 434 g/mol. The molecular formula is C21H24ClN3O3S. The highest BCUT2D eigenvalue weighted by atomic mass is 35.5. The lowest BCUT2D eigenvalue weighted by Gasteiger charge is -2.17. The van der Waals surface area contributed by atoms with Gasteiger partial charge in [-0.3, -0.25) is 0 Å². The summed E-state index contributed by atoms with van der Waals surface area (Å²) in [4.78, 5) is 6.36. The second-order valence-corrected chi connectivity index (χ2v) is 10.0. The van der Waals surface area contributed by atoms with Crippen molar-refractivity contribution < 1.29 is 13.2 Å². The lowest BCUT2D eigenvalue weighted by Crippen LogP contribution is -2.24. The van der Waals surface area contributed by atoms with E-state index in [1.165, 1.54) is 12.3 Å². The molecule has 1 aliphatic rings. The van der Waals surface area contributed by atoms with Crippen molar-refractivity contribution in [2.75, 3.05) is 32.5 Å². The maximum atomic E-state index is 11.5. The van der Waals surface area contributed by atoms with Crippen LogP contribution >= 0.6 is 11.6 Å². The Morgan fingerprint density at radius 3 is 2.76 bits per heavy atom. The van der Waals surface area contributed by atoms with E-state index >= 15 is 0 Å². The van der Waals surface area contributed by atoms with Crippen molar-refractivity contribution in [3.63, 3.8) is 0 Å². The van der Waals surface area contributed by atoms with Gasteiger partial charge in [0.25, 0.3) is 0 Å². The van der Waals surface area contributed by atoms with Crippen LogP contribution in [0.5, 0.6) is 5.75 Å². The summed E-state index contributed by atoms with van der Waals surface area (Å²) in [6, 6.07) is 10.7. The van der Waals surface area contributed by atoms with Crippen molar-refractivity contribution in [2.24, 2.45) is 11.8 Å². The molecule has 0 amide bonds. The molecule has 0 saturated carbocycles. The molecule has 6 nitrogen and oxygen atoms in total. The van der Waals surface area contributed by atoms with E-state index in [0.29, 0.717) is 34.8 Å². The molecule has 0 spiro atoms. The van der Waals surface area contributed by atoms with Crippen molar-refractivity contribution in [1.29, 1.82) is 5.26 Å². The molecule has 1 aromatic heterocycles. The molecule has 1 saturated heterocycles. The molecule has 0 aliphatic carbocycles. The summed E-state index contributed by atoms with van der Waals surface area (Å²) in [7, 11) is -3.30. The predicted molar refractivity (Wildman–Crippen MR) is 112 cm³/mol. The molecule has 0 radical (unpaired) electrons. The molecule has 2 atom stereocenters. The zero-order valence-electron chi connectivity index (χ0n) is 16.5. The third-order valence-corrected chi connectivity index (χ3v) is 6.42. The van der Waals surface area contributed by atoms with Crippen LogP contribution in [0.25, 0.3) is 0 Å². The number of nitrogens with zero attached hydrogens (tertiary/aromatic N) is 3. The van der Waals surface area contributed by atoms with E-state index in [9.17, 15) is 8.42 Å². The Kier molecular flexibility index (Phi) is 6.78. The molecule has 2 heterocycles. The second kappa shape index (κ2) is 9.12. The van der Waals surface area contributed by atoms with Crippen LogP contribution in [0, 0.1) is 23.2 Å². The Bertz CT molecular complexity index is 1000. The van der Waals surface area contributed by atoms with Gasteiger partial charge in [-0.15, -0.1) is 0 Å². The molecule has 3 rings (SSSR count). The number of ether oxygens (including phenoxy) is 1. The minimum Gasteiger partial charge on any atom is -0.492 e. The topological polar surface area (TPSA) is 83.3 Å². The predicted octanol–water partition coefficient (Wildman–Crippen LogP) is 3.20. The van der Waals surface area contributed by atoms with E-state index in [-0.39, 0.29) is 5.03 Å². The van der Waals surface area contributed by atoms with Crippen LogP contribution in [-0.2, 0) is 16.3 Å². The van der Waals surface area contributed by atoms with Gasteiger partial charge in [-0.05, 0) is 48.2 Å². The summed E-state index contributed by atoms with van der Waals surface area (Å²) < 4.78 is 28.8. The first-order valence-electron chi connectivity index (χ1n) is 9.45. The minimum atomic E-state index is -3.30. The van der Waals surface area contributed by atoms with E-state index in [1.807, 2.05) is 12.1 Å². The second-order valence-electron chi connectivity index (χ2n) is 7.62. The first-order chi connectivity index (χ1) is 13.7. The lowest BCUT2D eigenvalue weighted by molar-refractivity contribution is 0.224. The molecule has 1 aromatic carbocycles. The third-order valence-electron chi connectivity index (χ3n) is 5.20. The highest BCUT2D eigenvalue weighted by molar-refractivity contribution is 7.90. The molecule has 1 aliphatic heterocycles. The zero-order valence-corrected chi connectivity index (χ0v) is 18.1. The Labute approximate surface area is 177 Å². The van der Waals surface area contributed by atoms with Gasteiger partial charge in [-0.2, -0.15) is 5.26 Å². The SMILES string of the molecule is C[C@@H]1CN(CCc2cc(Cl)cc(C#N)c2)C[C@H]1COc1ccc(S(C)(=O)=O)nc1. The molecule has 29 heavy (non-hydrogen) atoms. The van der Waals surface area contributed by atoms with Crippen LogP contribution < -0.4 is 4.74 Å². The van der Waals surface area contributed by atoms with Gasteiger partial charge in [0.05, 0.1) is 24.4 Å². The first-order valence-corrected chi connectivity index (χ1v) is 11.7. The van der Waals surface area contributed by atoms with E-state index in [4.69, 9.17) is 21.6 Å². The maximum Gasteiger partial charge on any atom is 0.192 e. The zero-order chi connectivity index (χ0) is 21.0. The molecule has 8 heteroatoms. The first kappa shape index (κ1) is 21.6. The van der Waals surface area contributed by atoms with Crippen LogP contribution in [0.15, 0.2) is 41.6 Å². The Morgan fingerprint density at radius 2 is 2.10 bits per heavy atom. The minimum absolute atomic E-state index is 0.0471. The lowest BCUT2D eigenvalue weighted by atomic mass is 9.99. The molecular weight excluding hydrogens is 410 g/mol. The quantitative estimate of drug-likeness (QED) is 0.666. The smallest absolute Gasteiger partial charge is 0.192 e. The van der Waals surface area contributed by atoms with Crippen molar-refractivity contribution in [3.8, 4) is 11.8 Å². The van der Waals surface area contributed by atoms with E-state index in [2.05, 4.69) is 22.9 Å². The fourth-order valence-corrected chi connectivity index (χ4v) is 4.38. The summed E-state index contributed by atoms with van der Waals surface area (Å²) in [5, 5.41) is 9.72. The average Bonchev–Trinajstić information content (AvgIpc) is 3.03. The van der Waals surface area contributed by atoms with E-state index in [0.717, 1.165) is 37.9 Å². The van der Waals surface area contributed by atoms with Gasteiger partial charge in [0.15, 0.2) is 14.9 Å². The molecule has 0 N–H and O–H groups in total. The van der Waals surface area contributed by atoms with Gasteiger partial charge < -0.3 is 9.64 Å². The molecule has 1 fully saturated rings. The molecule has 2 aromatic rings. The van der Waals surface area contributed by atoms with Crippen molar-refractivity contribution in [2.45, 2.75) is 18.4 Å². The van der Waals surface area contributed by atoms with Gasteiger partial charge in [-0.25, -0.2) is 13.4 Å². The van der Waals surface area contributed by atoms with Gasteiger partial charge in [-0.1, -0.05) is 18.5 Å². The van der Waals surface area contributed by atoms with Gasteiger partial charge in [0.2, 0.25) is 0 Å². The number of hydrogen-bond acceptors (Lipinski definition) is 6. The fraction of sp³-hybridized carbons (Fsp3) is 0.429. The summed E-state index contributed by atoms with van der Waals surface area (Å²) >= 11 is 6.08. The highest BCUT2D eigenvalue weighted by Crippen LogP contribution is 2.25. The van der Waals surface area contributed by atoms with Crippen molar-refractivity contribution in [1.82, 2.24) is 9.88 Å². The van der Waals surface area contributed by atoms with Crippen LogP contribution in [0.4, 0.5) is 0 Å². The Morgan fingerprint density at radius 1 is 1.31 bits per heavy atom. The van der Waals surface area contributed by atoms with Crippen LogP contribution in [0.3, 0.4) is 0 Å². The molecule has 154 valence electrons. The summed E-state index contributed by atoms with van der Waals surface area (Å²) in [6.45, 7) is 5.60. The number of hydrogen-bond donors (Lipinski definition) is 0. The number of sulfone groups is 1. The number of likely N-dealkylation sites (tertiary alicyclic amines) is 1. The van der Waals surface area contributed by atoms with Gasteiger partial charge >= 0.3 is 0 Å². The highest BCUT2D eigenvalue weighted by Gasteiger charge is 2.29. The van der Waals surface area contributed by atoms with Crippen molar-refractivity contribution in [3.05, 3.63) is 52.7 Å². The fourth-order valence-electron chi connectivity index (χ4n) is 3.56. The molecule has 0 unspecified atom stereocenters. The van der Waals surface area contributed by atoms with Crippen LogP contribution in [-0.4, -0.2) is 50.8 Å². The van der Waals surface area contributed by atoms with E-state index < -0.39 is 9.84 Å². The van der Waals surface area contributed by atoms with Crippen LogP contribution in [0.1, 0.15) is 18.1 Å². The van der Waals surface area contributed by atoms with Crippen molar-refractivity contribution >= 4 is 21.4 Å². The van der Waals surface area contributed by atoms with Gasteiger partial charge in [0, 0.05) is 36.8 Å². The normalized spacial score (nSPS) is 19.8. The van der Waals surface area contributed by atoms with Gasteiger partial charge in [0.1, 0.15) is 5.75 Å². The number of nitriles is 1. The number of pyridine rings is 1. The van der Waals surface area contributed by atoms with Crippen LogP contribution in [0.2, 0.25) is 5.02 Å². The number of aromatic nitrogens is 1. The number of halogens is 1. The monoisotopic (exact) mass is 433 g/mol. The maximum absolute atomic E-state index is 11.5. The largest absolute Gasteiger partial charge is 0.492 e. The Hall–Kier alpha value is -2.14. The summed E-state index contributed by atoms with van der Waals surface area (Å²) in [5.41, 5.74) is 1.66. The standard InChI is InChI=1S/C21H24ClN3O3S/c1-15-12-25(6-5-16-7-17(10-23)9-19(22)8-16)13-18(15)14-28-20-3-4-21(24-11-20)29(2,26)27/h3-4,7-9,11,15,18H,5-6,12-14H2,1-2H3/t15-,18+/m1/s1. The Balaban J connectivity index is 1.51.